The number of anilines is 1. The van der Waals surface area contributed by atoms with E-state index in [1.807, 2.05) is 24.3 Å². The third-order valence-electron chi connectivity index (χ3n) is 3.16. The molecule has 1 amide bonds. The molecule has 1 fully saturated rings. The highest BCUT2D eigenvalue weighted by atomic mass is 16.5. The van der Waals surface area contributed by atoms with Gasteiger partial charge >= 0.3 is 0 Å². The summed E-state index contributed by atoms with van der Waals surface area (Å²) in [5, 5.41) is 12.4. The second-order valence-electron chi connectivity index (χ2n) is 5.21. The molecule has 5 nitrogen and oxygen atoms in total. The summed E-state index contributed by atoms with van der Waals surface area (Å²) >= 11 is 0. The zero-order chi connectivity index (χ0) is 13.9. The van der Waals surface area contributed by atoms with Crippen molar-refractivity contribution in [1.82, 2.24) is 4.90 Å². The number of benzene rings is 1. The van der Waals surface area contributed by atoms with Crippen LogP contribution < -0.4 is 10.1 Å². The number of likely N-dealkylation sites (tertiary alicyclic amines) is 1. The molecule has 0 aromatic heterocycles. The number of rotatable bonds is 5. The molecule has 0 atom stereocenters. The van der Waals surface area contributed by atoms with Crippen LogP contribution in [0.15, 0.2) is 24.3 Å². The molecule has 19 heavy (non-hydrogen) atoms. The first kappa shape index (κ1) is 13.8. The van der Waals surface area contributed by atoms with Crippen LogP contribution in [0.1, 0.15) is 13.3 Å². The van der Waals surface area contributed by atoms with Gasteiger partial charge in [0.2, 0.25) is 5.91 Å². The first-order valence-electron chi connectivity index (χ1n) is 6.38. The third-order valence-corrected chi connectivity index (χ3v) is 3.16. The van der Waals surface area contributed by atoms with Crippen LogP contribution in [0.2, 0.25) is 0 Å². The van der Waals surface area contributed by atoms with Crippen molar-refractivity contribution in [2.75, 3.05) is 32.1 Å². The molecule has 0 radical (unpaired) electrons. The monoisotopic (exact) mass is 264 g/mol. The Morgan fingerprint density at radius 3 is 2.79 bits per heavy atom. The predicted octanol–water partition coefficient (Wildman–Crippen LogP) is 1.09. The van der Waals surface area contributed by atoms with E-state index in [0.717, 1.165) is 0 Å². The number of hydrogen-bond acceptors (Lipinski definition) is 4. The van der Waals surface area contributed by atoms with Crippen molar-refractivity contribution in [3.63, 3.8) is 0 Å². The van der Waals surface area contributed by atoms with Gasteiger partial charge in [-0.3, -0.25) is 9.69 Å². The highest BCUT2D eigenvalue weighted by Gasteiger charge is 2.35. The van der Waals surface area contributed by atoms with E-state index >= 15 is 0 Å². The minimum atomic E-state index is -0.584. The number of ether oxygens (including phenoxy) is 1. The molecule has 0 bridgehead atoms. The average Bonchev–Trinajstić information content (AvgIpc) is 2.34. The lowest BCUT2D eigenvalue weighted by Gasteiger charge is -2.44. The van der Waals surface area contributed by atoms with E-state index in [0.29, 0.717) is 37.5 Å². The Balaban J connectivity index is 1.78. The number of carbonyl (C=O) groups is 1. The molecular weight excluding hydrogens is 244 g/mol. The summed E-state index contributed by atoms with van der Waals surface area (Å²) in [5.41, 5.74) is 0.102. The van der Waals surface area contributed by atoms with E-state index in [9.17, 15) is 9.90 Å². The number of β-amino-alcohol motifs (C(OH)–C–C–N with tert-alkyl or cyclic N) is 1. The van der Waals surface area contributed by atoms with Crippen LogP contribution in [0.4, 0.5) is 5.69 Å². The molecule has 1 aliphatic rings. The van der Waals surface area contributed by atoms with Gasteiger partial charge in [-0.05, 0) is 19.1 Å². The van der Waals surface area contributed by atoms with E-state index in [-0.39, 0.29) is 5.91 Å². The molecule has 1 aromatic rings. The molecule has 1 aromatic carbocycles. The van der Waals surface area contributed by atoms with Gasteiger partial charge in [0, 0.05) is 26.1 Å². The molecule has 1 saturated heterocycles. The Kier molecular flexibility index (Phi) is 4.07. The van der Waals surface area contributed by atoms with Crippen molar-refractivity contribution in [2.45, 2.75) is 18.9 Å². The van der Waals surface area contributed by atoms with Crippen LogP contribution >= 0.6 is 0 Å². The third kappa shape index (κ3) is 3.68. The van der Waals surface area contributed by atoms with Gasteiger partial charge in [-0.2, -0.15) is 0 Å². The number of methoxy groups -OCH3 is 1. The van der Waals surface area contributed by atoms with Crippen molar-refractivity contribution in [3.8, 4) is 5.75 Å². The minimum absolute atomic E-state index is 0.0453. The first-order valence-corrected chi connectivity index (χ1v) is 6.38. The number of amides is 1. The number of aliphatic hydroxyl groups is 1. The van der Waals surface area contributed by atoms with Gasteiger partial charge in [-0.1, -0.05) is 12.1 Å². The SMILES string of the molecule is COc1ccccc1NC(=O)CCN1CC(C)(O)C1. The Morgan fingerprint density at radius 1 is 1.47 bits per heavy atom. The predicted molar refractivity (Wildman–Crippen MR) is 73.3 cm³/mol. The lowest BCUT2D eigenvalue weighted by atomic mass is 9.97. The maximum Gasteiger partial charge on any atom is 0.225 e. The molecule has 0 unspecified atom stereocenters. The van der Waals surface area contributed by atoms with Crippen LogP contribution in [0, 0.1) is 0 Å². The standard InChI is InChI=1S/C14H20N2O3/c1-14(18)9-16(10-14)8-7-13(17)15-11-5-3-4-6-12(11)19-2/h3-6,18H,7-10H2,1-2H3,(H,15,17). The summed E-state index contributed by atoms with van der Waals surface area (Å²) in [6, 6.07) is 7.33. The van der Waals surface area contributed by atoms with Crippen molar-refractivity contribution >= 4 is 11.6 Å². The van der Waals surface area contributed by atoms with E-state index in [2.05, 4.69) is 10.2 Å². The molecule has 104 valence electrons. The van der Waals surface area contributed by atoms with E-state index < -0.39 is 5.60 Å². The highest BCUT2D eigenvalue weighted by Crippen LogP contribution is 2.23. The Morgan fingerprint density at radius 2 is 2.16 bits per heavy atom. The Hall–Kier alpha value is -1.59. The van der Waals surface area contributed by atoms with Gasteiger partial charge in [0.25, 0.3) is 0 Å². The molecule has 0 aliphatic carbocycles. The fourth-order valence-electron chi connectivity index (χ4n) is 2.30. The molecule has 1 heterocycles. The molecule has 5 heteroatoms. The number of para-hydroxylation sites is 2. The van der Waals surface area contributed by atoms with Gasteiger partial charge < -0.3 is 15.2 Å². The van der Waals surface area contributed by atoms with E-state index in [4.69, 9.17) is 4.74 Å². The second-order valence-corrected chi connectivity index (χ2v) is 5.21. The summed E-state index contributed by atoms with van der Waals surface area (Å²) in [4.78, 5) is 13.9. The van der Waals surface area contributed by atoms with E-state index in [1.54, 1.807) is 14.0 Å². The maximum atomic E-state index is 11.8. The lowest BCUT2D eigenvalue weighted by molar-refractivity contribution is -0.119. The zero-order valence-corrected chi connectivity index (χ0v) is 11.3. The summed E-state index contributed by atoms with van der Waals surface area (Å²) in [6.07, 6.45) is 0.411. The van der Waals surface area contributed by atoms with Gasteiger partial charge in [0.15, 0.2) is 0 Å². The molecule has 1 aliphatic heterocycles. The lowest BCUT2D eigenvalue weighted by Crippen LogP contribution is -2.60. The van der Waals surface area contributed by atoms with E-state index in [1.165, 1.54) is 0 Å². The Labute approximate surface area is 113 Å². The molecular formula is C14H20N2O3. The molecule has 0 spiro atoms. The molecule has 2 N–H and O–H groups in total. The first-order chi connectivity index (χ1) is 9.00. The van der Waals surface area contributed by atoms with Crippen molar-refractivity contribution in [3.05, 3.63) is 24.3 Å². The number of nitrogens with zero attached hydrogens (tertiary/aromatic N) is 1. The topological polar surface area (TPSA) is 61.8 Å². The van der Waals surface area contributed by atoms with Gasteiger partial charge in [-0.15, -0.1) is 0 Å². The van der Waals surface area contributed by atoms with Crippen molar-refractivity contribution < 1.29 is 14.6 Å². The smallest absolute Gasteiger partial charge is 0.225 e. The van der Waals surface area contributed by atoms with Crippen LogP contribution in [0.25, 0.3) is 0 Å². The minimum Gasteiger partial charge on any atom is -0.495 e. The summed E-state index contributed by atoms with van der Waals surface area (Å²) < 4.78 is 5.17. The fourth-order valence-corrected chi connectivity index (χ4v) is 2.30. The average molecular weight is 264 g/mol. The quantitative estimate of drug-likeness (QED) is 0.835. The van der Waals surface area contributed by atoms with Crippen LogP contribution in [0.3, 0.4) is 0 Å². The summed E-state index contributed by atoms with van der Waals surface area (Å²) in [7, 11) is 1.58. The maximum absolute atomic E-state index is 11.8. The van der Waals surface area contributed by atoms with Crippen LogP contribution in [0.5, 0.6) is 5.75 Å². The van der Waals surface area contributed by atoms with Crippen LogP contribution in [-0.2, 0) is 4.79 Å². The molecule has 2 rings (SSSR count). The second kappa shape index (κ2) is 5.59. The number of nitrogens with one attached hydrogen (secondary N) is 1. The summed E-state index contributed by atoms with van der Waals surface area (Å²) in [5.74, 6) is 0.610. The number of hydrogen-bond donors (Lipinski definition) is 2. The zero-order valence-electron chi connectivity index (χ0n) is 11.3. The summed E-state index contributed by atoms with van der Waals surface area (Å²) in [6.45, 7) is 3.74. The van der Waals surface area contributed by atoms with Gasteiger partial charge in [0.05, 0.1) is 18.4 Å². The highest BCUT2D eigenvalue weighted by molar-refractivity contribution is 5.92. The van der Waals surface area contributed by atoms with Crippen LogP contribution in [-0.4, -0.2) is 48.3 Å². The molecule has 0 saturated carbocycles. The fraction of sp³-hybridized carbons (Fsp3) is 0.500. The van der Waals surface area contributed by atoms with Crippen molar-refractivity contribution in [1.29, 1.82) is 0 Å². The normalized spacial score (nSPS) is 17.6. The van der Waals surface area contributed by atoms with Gasteiger partial charge in [-0.25, -0.2) is 0 Å². The number of carbonyl (C=O) groups excluding carboxylic acids is 1. The Bertz CT molecular complexity index is 452. The largest absolute Gasteiger partial charge is 0.495 e. The van der Waals surface area contributed by atoms with Gasteiger partial charge in [0.1, 0.15) is 5.75 Å². The van der Waals surface area contributed by atoms with Crippen molar-refractivity contribution in [2.24, 2.45) is 0 Å².